The van der Waals surface area contributed by atoms with E-state index in [1.807, 2.05) is 19.9 Å². The van der Waals surface area contributed by atoms with Crippen molar-refractivity contribution in [3.05, 3.63) is 23.1 Å². The van der Waals surface area contributed by atoms with Crippen molar-refractivity contribution < 1.29 is 9.47 Å². The number of aryl methyl sites for hydroxylation is 2. The molecule has 18 heavy (non-hydrogen) atoms. The van der Waals surface area contributed by atoms with Crippen molar-refractivity contribution >= 4 is 10.9 Å². The topological polar surface area (TPSA) is 44.2 Å². The highest BCUT2D eigenvalue weighted by molar-refractivity contribution is 5.89. The molecule has 1 atom stereocenters. The molecule has 3 rings (SSSR count). The predicted octanol–water partition coefficient (Wildman–Crippen LogP) is 2.58. The summed E-state index contributed by atoms with van der Waals surface area (Å²) in [6.45, 7) is 5.98. The molecule has 2 heterocycles. The Bertz CT molecular complexity index is 637. The maximum atomic E-state index is 5.83. The monoisotopic (exact) mass is 244 g/mol. The van der Waals surface area contributed by atoms with Crippen LogP contribution in [-0.4, -0.2) is 23.2 Å². The molecule has 1 aromatic heterocycles. The van der Waals surface area contributed by atoms with E-state index >= 15 is 0 Å². The van der Waals surface area contributed by atoms with Crippen molar-refractivity contribution in [3.63, 3.8) is 0 Å². The van der Waals surface area contributed by atoms with Gasteiger partial charge < -0.3 is 9.47 Å². The van der Waals surface area contributed by atoms with Crippen LogP contribution in [-0.2, 0) is 6.42 Å². The molecule has 0 spiro atoms. The lowest BCUT2D eigenvalue weighted by Gasteiger charge is -2.11. The smallest absolute Gasteiger partial charge is 0.167 e. The summed E-state index contributed by atoms with van der Waals surface area (Å²) in [7, 11) is 1.66. The number of hydrogen-bond acceptors (Lipinski definition) is 4. The summed E-state index contributed by atoms with van der Waals surface area (Å²) in [4.78, 5) is 8.99. The second-order valence-electron chi connectivity index (χ2n) is 4.77. The normalized spacial score (nSPS) is 17.7. The van der Waals surface area contributed by atoms with Crippen molar-refractivity contribution in [2.45, 2.75) is 33.3 Å². The van der Waals surface area contributed by atoms with Gasteiger partial charge in [0.15, 0.2) is 11.5 Å². The Morgan fingerprint density at radius 1 is 1.33 bits per heavy atom. The van der Waals surface area contributed by atoms with E-state index in [1.54, 1.807) is 7.11 Å². The molecule has 0 amide bonds. The molecular formula is C14H16N2O2. The predicted molar refractivity (Wildman–Crippen MR) is 69.4 cm³/mol. The Hall–Kier alpha value is -1.84. The van der Waals surface area contributed by atoms with Gasteiger partial charge >= 0.3 is 0 Å². The quantitative estimate of drug-likeness (QED) is 0.773. The first kappa shape index (κ1) is 11.3. The first-order chi connectivity index (χ1) is 8.60. The minimum absolute atomic E-state index is 0.176. The summed E-state index contributed by atoms with van der Waals surface area (Å²) in [5.74, 6) is 2.42. The molecule has 2 aromatic rings. The van der Waals surface area contributed by atoms with Crippen LogP contribution in [0.3, 0.4) is 0 Å². The molecule has 1 aromatic carbocycles. The maximum absolute atomic E-state index is 5.83. The Labute approximate surface area is 106 Å². The Morgan fingerprint density at radius 2 is 2.11 bits per heavy atom. The summed E-state index contributed by atoms with van der Waals surface area (Å²) in [5.41, 5.74) is 3.13. The van der Waals surface area contributed by atoms with Crippen LogP contribution in [0.4, 0.5) is 0 Å². The van der Waals surface area contributed by atoms with Crippen LogP contribution < -0.4 is 9.47 Å². The highest BCUT2D eigenvalue weighted by Gasteiger charge is 2.27. The van der Waals surface area contributed by atoms with Gasteiger partial charge in [0.25, 0.3) is 0 Å². The fraction of sp³-hybridized carbons (Fsp3) is 0.429. The number of fused-ring (bicyclic) bond motifs is 3. The maximum Gasteiger partial charge on any atom is 0.167 e. The van der Waals surface area contributed by atoms with Crippen molar-refractivity contribution in [2.24, 2.45) is 0 Å². The molecule has 0 bridgehead atoms. The van der Waals surface area contributed by atoms with Crippen molar-refractivity contribution in [3.8, 4) is 11.5 Å². The molecule has 1 unspecified atom stereocenters. The average Bonchev–Trinajstić information content (AvgIpc) is 2.70. The van der Waals surface area contributed by atoms with Gasteiger partial charge in [-0.1, -0.05) is 0 Å². The molecule has 0 aliphatic carbocycles. The first-order valence-corrected chi connectivity index (χ1v) is 6.11. The SMILES string of the molecule is COc1cc2c(C)nc(C)nc2c2c1OC(C)C2. The van der Waals surface area contributed by atoms with Crippen molar-refractivity contribution in [1.82, 2.24) is 9.97 Å². The van der Waals surface area contributed by atoms with Crippen LogP contribution in [0.2, 0.25) is 0 Å². The molecule has 0 saturated heterocycles. The third kappa shape index (κ3) is 1.52. The Morgan fingerprint density at radius 3 is 2.83 bits per heavy atom. The summed E-state index contributed by atoms with van der Waals surface area (Å²) < 4.78 is 11.2. The van der Waals surface area contributed by atoms with Gasteiger partial charge in [0.1, 0.15) is 11.9 Å². The largest absolute Gasteiger partial charge is 0.493 e. The van der Waals surface area contributed by atoms with E-state index < -0.39 is 0 Å². The van der Waals surface area contributed by atoms with E-state index in [9.17, 15) is 0 Å². The molecule has 0 N–H and O–H groups in total. The number of hydrogen-bond donors (Lipinski definition) is 0. The van der Waals surface area contributed by atoms with E-state index in [0.29, 0.717) is 0 Å². The number of ether oxygens (including phenoxy) is 2. The van der Waals surface area contributed by atoms with Crippen LogP contribution >= 0.6 is 0 Å². The van der Waals surface area contributed by atoms with Gasteiger partial charge in [-0.3, -0.25) is 0 Å². The number of aromatic nitrogens is 2. The molecule has 4 heteroatoms. The van der Waals surface area contributed by atoms with Gasteiger partial charge in [0.2, 0.25) is 0 Å². The second kappa shape index (κ2) is 3.83. The lowest BCUT2D eigenvalue weighted by atomic mass is 10.0. The van der Waals surface area contributed by atoms with Crippen molar-refractivity contribution in [2.75, 3.05) is 7.11 Å². The fourth-order valence-electron chi connectivity index (χ4n) is 2.58. The van der Waals surface area contributed by atoms with Gasteiger partial charge in [0.05, 0.1) is 12.6 Å². The molecular weight excluding hydrogens is 228 g/mol. The van der Waals surface area contributed by atoms with E-state index in [0.717, 1.165) is 45.9 Å². The van der Waals surface area contributed by atoms with Crippen LogP contribution in [0.25, 0.3) is 10.9 Å². The van der Waals surface area contributed by atoms with Gasteiger partial charge in [-0.25, -0.2) is 9.97 Å². The zero-order valence-electron chi connectivity index (χ0n) is 11.1. The molecule has 1 aliphatic heterocycles. The van der Waals surface area contributed by atoms with Gasteiger partial charge in [-0.05, 0) is 26.8 Å². The average molecular weight is 244 g/mol. The lowest BCUT2D eigenvalue weighted by Crippen LogP contribution is -2.05. The number of rotatable bonds is 1. The van der Waals surface area contributed by atoms with Crippen LogP contribution in [0.5, 0.6) is 11.5 Å². The Balaban J connectivity index is 2.40. The lowest BCUT2D eigenvalue weighted by molar-refractivity contribution is 0.243. The van der Waals surface area contributed by atoms with E-state index in [-0.39, 0.29) is 6.10 Å². The zero-order chi connectivity index (χ0) is 12.9. The highest BCUT2D eigenvalue weighted by atomic mass is 16.5. The summed E-state index contributed by atoms with van der Waals surface area (Å²) >= 11 is 0. The van der Waals surface area contributed by atoms with Crippen molar-refractivity contribution in [1.29, 1.82) is 0 Å². The van der Waals surface area contributed by atoms with Crippen LogP contribution in [0, 0.1) is 13.8 Å². The summed E-state index contributed by atoms with van der Waals surface area (Å²) in [6, 6.07) is 1.97. The van der Waals surface area contributed by atoms with E-state index in [1.165, 1.54) is 0 Å². The first-order valence-electron chi connectivity index (χ1n) is 6.11. The molecule has 0 fully saturated rings. The fourth-order valence-corrected chi connectivity index (χ4v) is 2.58. The molecule has 0 radical (unpaired) electrons. The molecule has 94 valence electrons. The van der Waals surface area contributed by atoms with E-state index in [4.69, 9.17) is 9.47 Å². The number of nitrogens with zero attached hydrogens (tertiary/aromatic N) is 2. The molecule has 1 aliphatic rings. The Kier molecular flexibility index (Phi) is 2.40. The van der Waals surface area contributed by atoms with Gasteiger partial charge in [-0.2, -0.15) is 0 Å². The van der Waals surface area contributed by atoms with Gasteiger partial charge in [-0.15, -0.1) is 0 Å². The minimum atomic E-state index is 0.176. The third-order valence-corrected chi connectivity index (χ3v) is 3.34. The van der Waals surface area contributed by atoms with Crippen LogP contribution in [0.15, 0.2) is 6.07 Å². The third-order valence-electron chi connectivity index (χ3n) is 3.34. The summed E-state index contributed by atoms with van der Waals surface area (Å²) in [5, 5.41) is 1.05. The van der Waals surface area contributed by atoms with E-state index in [2.05, 4.69) is 16.9 Å². The molecule has 0 saturated carbocycles. The second-order valence-corrected chi connectivity index (χ2v) is 4.77. The number of benzene rings is 1. The van der Waals surface area contributed by atoms with Gasteiger partial charge in [0, 0.05) is 23.1 Å². The zero-order valence-corrected chi connectivity index (χ0v) is 11.1. The molecule has 4 nitrogen and oxygen atoms in total. The number of methoxy groups -OCH3 is 1. The van der Waals surface area contributed by atoms with Crippen LogP contribution in [0.1, 0.15) is 24.0 Å². The minimum Gasteiger partial charge on any atom is -0.493 e. The standard InChI is InChI=1S/C14H16N2O2/c1-7-5-11-13-10(8(2)15-9(3)16-13)6-12(17-4)14(11)18-7/h6-7H,5H2,1-4H3. The highest BCUT2D eigenvalue weighted by Crippen LogP contribution is 2.42. The summed E-state index contributed by atoms with van der Waals surface area (Å²) in [6.07, 6.45) is 1.05.